The summed E-state index contributed by atoms with van der Waals surface area (Å²) in [7, 11) is -4.30. The molecule has 3 aliphatic rings. The number of carbonyl (C=O) groups is 2. The molecule has 1 N–H and O–H groups in total. The van der Waals surface area contributed by atoms with Crippen molar-refractivity contribution in [3.05, 3.63) is 34.9 Å². The van der Waals surface area contributed by atoms with Crippen molar-refractivity contribution in [2.24, 2.45) is 5.41 Å². The van der Waals surface area contributed by atoms with Crippen molar-refractivity contribution in [2.45, 2.75) is 73.9 Å². The molecule has 208 valence electrons. The van der Waals surface area contributed by atoms with Gasteiger partial charge in [-0.05, 0) is 64.2 Å². The molecule has 2 aromatic rings. The fraction of sp³-hybridized carbons (Fsp3) is 0.542. The van der Waals surface area contributed by atoms with Gasteiger partial charge in [-0.3, -0.25) is 9.59 Å². The number of nitrogens with zero attached hydrogens (tertiary/aromatic N) is 5. The summed E-state index contributed by atoms with van der Waals surface area (Å²) in [5.41, 5.74) is -3.34. The fourth-order valence-corrected chi connectivity index (χ4v) is 7.26. The molecule has 15 heteroatoms. The van der Waals surface area contributed by atoms with Crippen LogP contribution >= 0.6 is 11.6 Å². The van der Waals surface area contributed by atoms with E-state index in [1.165, 1.54) is 22.9 Å². The second-order valence-corrected chi connectivity index (χ2v) is 13.0. The lowest BCUT2D eigenvalue weighted by molar-refractivity contribution is -0.199. The van der Waals surface area contributed by atoms with Gasteiger partial charge in [0.2, 0.25) is 11.8 Å². The number of halogens is 4. The Kier molecular flexibility index (Phi) is 6.26. The van der Waals surface area contributed by atoms with Crippen LogP contribution in [-0.4, -0.2) is 69.4 Å². The number of sulfone groups is 1. The van der Waals surface area contributed by atoms with Crippen molar-refractivity contribution in [1.29, 1.82) is 5.26 Å². The van der Waals surface area contributed by atoms with Crippen LogP contribution in [0.15, 0.2) is 23.1 Å². The van der Waals surface area contributed by atoms with Crippen molar-refractivity contribution < 1.29 is 31.2 Å². The number of benzene rings is 1. The molecule has 1 aromatic carbocycles. The van der Waals surface area contributed by atoms with E-state index in [4.69, 9.17) is 11.6 Å². The third-order valence-corrected chi connectivity index (χ3v) is 10.2. The largest absolute Gasteiger partial charge is 0.403 e. The van der Waals surface area contributed by atoms with Crippen LogP contribution in [0.25, 0.3) is 5.69 Å². The van der Waals surface area contributed by atoms with Gasteiger partial charge in [0, 0.05) is 6.54 Å². The molecule has 2 atom stereocenters. The van der Waals surface area contributed by atoms with Crippen molar-refractivity contribution in [3.8, 4) is 11.8 Å². The van der Waals surface area contributed by atoms with Crippen LogP contribution in [0.3, 0.4) is 0 Å². The number of hydrogen-bond donors (Lipinski definition) is 1. The molecule has 2 heterocycles. The van der Waals surface area contributed by atoms with Gasteiger partial charge < -0.3 is 10.2 Å². The highest BCUT2D eigenvalue weighted by atomic mass is 35.5. The minimum Gasteiger partial charge on any atom is -0.336 e. The molecular formula is C24H24ClF3N6O4S. The summed E-state index contributed by atoms with van der Waals surface area (Å²) in [5.74, 6) is -1.14. The maximum atomic E-state index is 13.8. The topological polar surface area (TPSA) is 138 Å². The highest BCUT2D eigenvalue weighted by Gasteiger charge is 2.70. The Morgan fingerprint density at radius 3 is 2.36 bits per heavy atom. The number of likely N-dealkylation sites (tertiary alicyclic amines) is 1. The molecule has 0 radical (unpaired) electrons. The van der Waals surface area contributed by atoms with Gasteiger partial charge in [0.15, 0.2) is 9.84 Å². The van der Waals surface area contributed by atoms with E-state index in [0.717, 1.165) is 4.90 Å². The zero-order valence-corrected chi connectivity index (χ0v) is 22.5. The van der Waals surface area contributed by atoms with E-state index in [9.17, 15) is 36.4 Å². The first kappa shape index (κ1) is 27.4. The molecule has 0 spiro atoms. The van der Waals surface area contributed by atoms with Gasteiger partial charge in [0.05, 0.1) is 26.9 Å². The number of nitrogens with one attached hydrogen (secondary N) is 1. The molecule has 1 aromatic heterocycles. The Morgan fingerprint density at radius 2 is 1.87 bits per heavy atom. The molecule has 0 bridgehead atoms. The third kappa shape index (κ3) is 4.55. The maximum Gasteiger partial charge on any atom is 0.403 e. The first-order valence-electron chi connectivity index (χ1n) is 12.2. The van der Waals surface area contributed by atoms with E-state index in [2.05, 4.69) is 15.4 Å². The van der Waals surface area contributed by atoms with Gasteiger partial charge >= 0.3 is 6.18 Å². The Hall–Kier alpha value is -3.18. The predicted octanol–water partition coefficient (Wildman–Crippen LogP) is 2.80. The number of alkyl halides is 3. The fourth-order valence-electron chi connectivity index (χ4n) is 5.02. The summed E-state index contributed by atoms with van der Waals surface area (Å²) in [6.07, 6.45) is -5.44. The van der Waals surface area contributed by atoms with E-state index in [0.29, 0.717) is 30.2 Å². The van der Waals surface area contributed by atoms with Crippen LogP contribution in [0.4, 0.5) is 13.2 Å². The molecule has 39 heavy (non-hydrogen) atoms. The summed E-state index contributed by atoms with van der Waals surface area (Å²) < 4.78 is 70.1. The average molecular weight is 585 g/mol. The Morgan fingerprint density at radius 1 is 1.21 bits per heavy atom. The van der Waals surface area contributed by atoms with Crippen molar-refractivity contribution in [3.63, 3.8) is 0 Å². The lowest BCUT2D eigenvalue weighted by Gasteiger charge is -2.29. The van der Waals surface area contributed by atoms with Gasteiger partial charge in [-0.2, -0.15) is 23.5 Å². The zero-order valence-electron chi connectivity index (χ0n) is 20.9. The van der Waals surface area contributed by atoms with E-state index in [1.54, 1.807) is 13.8 Å². The van der Waals surface area contributed by atoms with Gasteiger partial charge in [-0.1, -0.05) is 11.6 Å². The first-order valence-corrected chi connectivity index (χ1v) is 14.1. The zero-order chi connectivity index (χ0) is 28.5. The van der Waals surface area contributed by atoms with Gasteiger partial charge in [0.25, 0.3) is 0 Å². The van der Waals surface area contributed by atoms with Crippen LogP contribution < -0.4 is 5.32 Å². The minimum absolute atomic E-state index is 0.152. The molecule has 1 saturated heterocycles. The lowest BCUT2D eigenvalue weighted by Crippen LogP contribution is -2.53. The number of aromatic nitrogens is 3. The Labute approximate surface area is 227 Å². The summed E-state index contributed by atoms with van der Waals surface area (Å²) in [6.45, 7) is 2.78. The van der Waals surface area contributed by atoms with Crippen LogP contribution in [-0.2, 0) is 19.4 Å². The smallest absolute Gasteiger partial charge is 0.336 e. The molecule has 2 saturated carbocycles. The number of amides is 2. The van der Waals surface area contributed by atoms with E-state index in [-0.39, 0.29) is 9.92 Å². The number of aryl methyl sites for hydroxylation is 2. The second-order valence-electron chi connectivity index (χ2n) is 10.4. The molecule has 2 aliphatic carbocycles. The van der Waals surface area contributed by atoms with Crippen LogP contribution in [0.2, 0.25) is 5.02 Å². The maximum absolute atomic E-state index is 13.8. The number of rotatable bonds is 6. The van der Waals surface area contributed by atoms with E-state index in [1.807, 2.05) is 6.07 Å². The van der Waals surface area contributed by atoms with Crippen LogP contribution in [0.1, 0.15) is 43.8 Å². The summed E-state index contributed by atoms with van der Waals surface area (Å²) in [4.78, 5) is 30.9. The minimum atomic E-state index is -4.84. The van der Waals surface area contributed by atoms with E-state index >= 15 is 0 Å². The summed E-state index contributed by atoms with van der Waals surface area (Å²) in [6, 6.07) is 4.58. The second kappa shape index (κ2) is 8.92. The van der Waals surface area contributed by atoms with Gasteiger partial charge in [0.1, 0.15) is 28.6 Å². The number of nitriles is 1. The molecule has 5 rings (SSSR count). The summed E-state index contributed by atoms with van der Waals surface area (Å²) in [5, 5.41) is 14.5. The highest BCUT2D eigenvalue weighted by Crippen LogP contribution is 2.59. The standard InChI is InChI=1S/C24H24ClF3N6O4S/c1-13-30-14(2)34(32-13)15-3-4-19(17(25)9-15)39(37,38)16-10-18(20(35)31-22(12-29)5-6-22)33(11-16)21(36)23(7-8-23)24(26,27)28/h3-4,9,16,18H,5-8,10-11H2,1-2H3,(H,31,35)/t16-,18+/m1/s1. The molecule has 1 aliphatic heterocycles. The van der Waals surface area contributed by atoms with Crippen molar-refractivity contribution in [2.75, 3.05) is 6.54 Å². The molecule has 10 nitrogen and oxygen atoms in total. The first-order chi connectivity index (χ1) is 18.1. The molecule has 3 fully saturated rings. The predicted molar refractivity (Wildman–Crippen MR) is 130 cm³/mol. The van der Waals surface area contributed by atoms with Crippen molar-refractivity contribution in [1.82, 2.24) is 25.0 Å². The normalized spacial score (nSPS) is 23.3. The number of hydrogen-bond acceptors (Lipinski definition) is 7. The molecular weight excluding hydrogens is 561 g/mol. The summed E-state index contributed by atoms with van der Waals surface area (Å²) >= 11 is 6.37. The van der Waals surface area contributed by atoms with Gasteiger partial charge in [-0.25, -0.2) is 18.1 Å². The highest BCUT2D eigenvalue weighted by molar-refractivity contribution is 7.92. The Balaban J connectivity index is 1.46. The van der Waals surface area contributed by atoms with Crippen LogP contribution in [0.5, 0.6) is 0 Å². The lowest BCUT2D eigenvalue weighted by atomic mass is 10.0. The van der Waals surface area contributed by atoms with E-state index < -0.39 is 75.9 Å². The molecule has 0 unspecified atom stereocenters. The van der Waals surface area contributed by atoms with Crippen molar-refractivity contribution >= 4 is 33.3 Å². The molecule has 2 amide bonds. The van der Waals surface area contributed by atoms with Gasteiger partial charge in [-0.15, -0.1) is 0 Å². The van der Waals surface area contributed by atoms with Crippen LogP contribution in [0, 0.1) is 30.6 Å². The number of carbonyl (C=O) groups excluding carboxylic acids is 2. The third-order valence-electron chi connectivity index (χ3n) is 7.63. The quantitative estimate of drug-likeness (QED) is 0.551. The average Bonchev–Trinajstić information content (AvgIpc) is 3.75. The monoisotopic (exact) mass is 584 g/mol. The SMILES string of the molecule is Cc1nc(C)n(-c2ccc(S(=O)(=O)[C@@H]3C[C@@H](C(=O)NC4(C#N)CC4)N(C(=O)C4(C(F)(F)F)CC4)C3)c(Cl)c2)n1. The Bertz CT molecular complexity index is 1520.